The molecule has 4 N–H and O–H groups in total. The predicted molar refractivity (Wildman–Crippen MR) is 83.6 cm³/mol. The number of aromatic nitrogens is 2. The predicted octanol–water partition coefficient (Wildman–Crippen LogP) is 2.10. The van der Waals surface area contributed by atoms with E-state index in [1.165, 1.54) is 0 Å². The van der Waals surface area contributed by atoms with Gasteiger partial charge in [-0.25, -0.2) is 0 Å². The summed E-state index contributed by atoms with van der Waals surface area (Å²) < 4.78 is 0. The standard InChI is InChI=1S/C14H18N4OS/c1-20-8-7-11(15)14(19)16-13-9-12(17-18-13)10-5-3-2-4-6-10/h2-6,9,11H,7-8,15H2,1H3,(H2,16,17,18,19). The van der Waals surface area contributed by atoms with Gasteiger partial charge in [0.2, 0.25) is 5.91 Å². The van der Waals surface area contributed by atoms with Gasteiger partial charge in [0.1, 0.15) is 0 Å². The zero-order valence-corrected chi connectivity index (χ0v) is 12.1. The number of nitrogens with two attached hydrogens (primary N) is 1. The van der Waals surface area contributed by atoms with Crippen LogP contribution in [0.3, 0.4) is 0 Å². The van der Waals surface area contributed by atoms with Gasteiger partial charge in [-0.05, 0) is 24.0 Å². The molecule has 0 aliphatic carbocycles. The molecule has 0 aliphatic heterocycles. The van der Waals surface area contributed by atoms with E-state index in [0.29, 0.717) is 12.2 Å². The molecule has 1 unspecified atom stereocenters. The fraction of sp³-hybridized carbons (Fsp3) is 0.286. The second-order valence-electron chi connectivity index (χ2n) is 4.41. The number of carbonyl (C=O) groups is 1. The number of nitrogens with one attached hydrogen (secondary N) is 2. The Morgan fingerprint density at radius 2 is 2.20 bits per heavy atom. The van der Waals surface area contributed by atoms with Crippen LogP contribution in [0.1, 0.15) is 6.42 Å². The molecule has 0 aliphatic rings. The molecule has 5 nitrogen and oxygen atoms in total. The summed E-state index contributed by atoms with van der Waals surface area (Å²) in [6.07, 6.45) is 2.65. The monoisotopic (exact) mass is 290 g/mol. The van der Waals surface area contributed by atoms with E-state index in [4.69, 9.17) is 5.73 Å². The molecule has 0 saturated heterocycles. The van der Waals surface area contributed by atoms with Crippen LogP contribution >= 0.6 is 11.8 Å². The SMILES string of the molecule is CSCCC(N)C(=O)Nc1cc(-c2ccccc2)[nH]n1. The molecule has 2 aromatic rings. The van der Waals surface area contributed by atoms with Crippen LogP contribution in [0.15, 0.2) is 36.4 Å². The highest BCUT2D eigenvalue weighted by Crippen LogP contribution is 2.19. The summed E-state index contributed by atoms with van der Waals surface area (Å²) in [4.78, 5) is 11.9. The van der Waals surface area contributed by atoms with Crippen molar-refractivity contribution in [2.24, 2.45) is 5.73 Å². The Labute approximate surface area is 122 Å². The first-order valence-corrected chi connectivity index (χ1v) is 7.76. The lowest BCUT2D eigenvalue weighted by molar-refractivity contribution is -0.117. The van der Waals surface area contributed by atoms with Crippen molar-refractivity contribution in [1.29, 1.82) is 0 Å². The summed E-state index contributed by atoms with van der Waals surface area (Å²) in [5.74, 6) is 1.16. The molecule has 1 aromatic carbocycles. The van der Waals surface area contributed by atoms with Crippen molar-refractivity contribution in [3.05, 3.63) is 36.4 Å². The highest BCUT2D eigenvalue weighted by Gasteiger charge is 2.14. The number of hydrogen-bond donors (Lipinski definition) is 3. The number of nitrogens with zero attached hydrogens (tertiary/aromatic N) is 1. The van der Waals surface area contributed by atoms with Gasteiger partial charge in [-0.1, -0.05) is 30.3 Å². The first-order chi connectivity index (χ1) is 9.70. The van der Waals surface area contributed by atoms with E-state index in [1.807, 2.05) is 36.6 Å². The molecule has 0 fully saturated rings. The van der Waals surface area contributed by atoms with Gasteiger partial charge in [0.25, 0.3) is 0 Å². The van der Waals surface area contributed by atoms with Crippen LogP contribution in [0.2, 0.25) is 0 Å². The van der Waals surface area contributed by atoms with Gasteiger partial charge < -0.3 is 11.1 Å². The molecule has 0 bridgehead atoms. The maximum Gasteiger partial charge on any atom is 0.242 e. The topological polar surface area (TPSA) is 83.8 Å². The van der Waals surface area contributed by atoms with Crippen LogP contribution in [-0.2, 0) is 4.79 Å². The first-order valence-electron chi connectivity index (χ1n) is 6.37. The third kappa shape index (κ3) is 3.85. The van der Waals surface area contributed by atoms with Gasteiger partial charge in [0.05, 0.1) is 11.7 Å². The molecule has 0 radical (unpaired) electrons. The number of carbonyl (C=O) groups excluding carboxylic acids is 1. The van der Waals surface area contributed by atoms with Gasteiger partial charge in [-0.15, -0.1) is 0 Å². The average Bonchev–Trinajstić information content (AvgIpc) is 2.94. The smallest absolute Gasteiger partial charge is 0.242 e. The Bertz CT molecular complexity index is 555. The number of amides is 1. The van der Waals surface area contributed by atoms with Crippen molar-refractivity contribution >= 4 is 23.5 Å². The molecule has 0 saturated carbocycles. The van der Waals surface area contributed by atoms with Crippen molar-refractivity contribution in [2.45, 2.75) is 12.5 Å². The number of rotatable bonds is 6. The Balaban J connectivity index is 1.98. The zero-order chi connectivity index (χ0) is 14.4. The summed E-state index contributed by atoms with van der Waals surface area (Å²) in [6.45, 7) is 0. The van der Waals surface area contributed by atoms with Gasteiger partial charge >= 0.3 is 0 Å². The lowest BCUT2D eigenvalue weighted by atomic mass is 10.1. The van der Waals surface area contributed by atoms with Crippen molar-refractivity contribution in [2.75, 3.05) is 17.3 Å². The Morgan fingerprint density at radius 1 is 1.45 bits per heavy atom. The molecular formula is C14H18N4OS. The Kier molecular flexibility index (Phi) is 5.20. The summed E-state index contributed by atoms with van der Waals surface area (Å²) >= 11 is 1.67. The van der Waals surface area contributed by atoms with Crippen LogP contribution in [0.4, 0.5) is 5.82 Å². The van der Waals surface area contributed by atoms with E-state index in [-0.39, 0.29) is 5.91 Å². The highest BCUT2D eigenvalue weighted by molar-refractivity contribution is 7.98. The minimum absolute atomic E-state index is 0.204. The summed E-state index contributed by atoms with van der Waals surface area (Å²) in [5.41, 5.74) is 7.69. The third-order valence-electron chi connectivity index (χ3n) is 2.88. The van der Waals surface area contributed by atoms with Crippen LogP contribution in [-0.4, -0.2) is 34.2 Å². The van der Waals surface area contributed by atoms with Crippen molar-refractivity contribution < 1.29 is 4.79 Å². The van der Waals surface area contributed by atoms with E-state index in [9.17, 15) is 4.79 Å². The van der Waals surface area contributed by atoms with E-state index < -0.39 is 6.04 Å². The normalized spacial score (nSPS) is 12.1. The molecule has 106 valence electrons. The van der Waals surface area contributed by atoms with Crippen LogP contribution in [0.5, 0.6) is 0 Å². The molecule has 2 rings (SSSR count). The van der Waals surface area contributed by atoms with E-state index >= 15 is 0 Å². The van der Waals surface area contributed by atoms with Gasteiger partial charge in [0.15, 0.2) is 5.82 Å². The Morgan fingerprint density at radius 3 is 2.90 bits per heavy atom. The largest absolute Gasteiger partial charge is 0.320 e. The maximum absolute atomic E-state index is 11.9. The molecule has 0 spiro atoms. The number of H-pyrrole nitrogens is 1. The lowest BCUT2D eigenvalue weighted by Crippen LogP contribution is -2.36. The molecule has 1 amide bonds. The minimum atomic E-state index is -0.501. The van der Waals surface area contributed by atoms with Crippen molar-refractivity contribution in [1.82, 2.24) is 10.2 Å². The minimum Gasteiger partial charge on any atom is -0.320 e. The molecular weight excluding hydrogens is 272 g/mol. The summed E-state index contributed by atoms with van der Waals surface area (Å²) in [6, 6.07) is 11.1. The van der Waals surface area contributed by atoms with Crippen molar-refractivity contribution in [3.63, 3.8) is 0 Å². The summed E-state index contributed by atoms with van der Waals surface area (Å²) in [7, 11) is 0. The molecule has 1 atom stereocenters. The second-order valence-corrected chi connectivity index (χ2v) is 5.40. The van der Waals surface area contributed by atoms with Crippen LogP contribution < -0.4 is 11.1 Å². The zero-order valence-electron chi connectivity index (χ0n) is 11.3. The van der Waals surface area contributed by atoms with Crippen molar-refractivity contribution in [3.8, 4) is 11.3 Å². The molecule has 6 heteroatoms. The lowest BCUT2D eigenvalue weighted by Gasteiger charge is -2.09. The fourth-order valence-electron chi connectivity index (χ4n) is 1.75. The number of hydrogen-bond acceptors (Lipinski definition) is 4. The highest BCUT2D eigenvalue weighted by atomic mass is 32.2. The quantitative estimate of drug-likeness (QED) is 0.760. The van der Waals surface area contributed by atoms with Gasteiger partial charge in [0, 0.05) is 6.07 Å². The van der Waals surface area contributed by atoms with Crippen LogP contribution in [0, 0.1) is 0 Å². The number of thioether (sulfide) groups is 1. The second kappa shape index (κ2) is 7.12. The number of benzene rings is 1. The van der Waals surface area contributed by atoms with E-state index in [1.54, 1.807) is 17.8 Å². The van der Waals surface area contributed by atoms with Gasteiger partial charge in [-0.3, -0.25) is 9.89 Å². The maximum atomic E-state index is 11.9. The summed E-state index contributed by atoms with van der Waals surface area (Å²) in [5, 5.41) is 9.70. The molecule has 1 heterocycles. The van der Waals surface area contributed by atoms with E-state index in [2.05, 4.69) is 15.5 Å². The first kappa shape index (κ1) is 14.6. The van der Waals surface area contributed by atoms with E-state index in [0.717, 1.165) is 17.0 Å². The molecule has 20 heavy (non-hydrogen) atoms. The molecule has 1 aromatic heterocycles. The third-order valence-corrected chi connectivity index (χ3v) is 3.53. The van der Waals surface area contributed by atoms with Gasteiger partial charge in [-0.2, -0.15) is 16.9 Å². The Hall–Kier alpha value is -1.79. The fourth-order valence-corrected chi connectivity index (χ4v) is 2.24. The number of aromatic amines is 1. The average molecular weight is 290 g/mol. The van der Waals surface area contributed by atoms with Crippen LogP contribution in [0.25, 0.3) is 11.3 Å². The number of anilines is 1.